The van der Waals surface area contributed by atoms with Gasteiger partial charge < -0.3 is 14.1 Å². The number of hydrogen-bond donors (Lipinski definition) is 3. The maximum atomic E-state index is 14.1. The van der Waals surface area contributed by atoms with Crippen LogP contribution < -0.4 is 14.2 Å². The van der Waals surface area contributed by atoms with Crippen LogP contribution in [0.4, 0.5) is 28.9 Å². The van der Waals surface area contributed by atoms with E-state index in [1.165, 1.54) is 42.6 Å². The second-order valence-corrected chi connectivity index (χ2v) is 14.1. The number of nitrogens with zero attached hydrogens (tertiary/aromatic N) is 2. The third-order valence-corrected chi connectivity index (χ3v) is 9.98. The Labute approximate surface area is 290 Å². The number of anilines is 2. The summed E-state index contributed by atoms with van der Waals surface area (Å²) in [7, 11) is -8.45. The fourth-order valence-corrected chi connectivity index (χ4v) is 7.14. The average molecular weight is 767 g/mol. The number of nitrogens with one attached hydrogen (secondary N) is 3. The number of fused-ring (bicyclic) bond motifs is 2. The minimum Gasteiger partial charge on any atom is -0.476 e. The molecule has 6 rings (SSSR count). The number of hydrogen-bond acceptors (Lipinski definition) is 8. The van der Waals surface area contributed by atoms with E-state index in [9.17, 15) is 34.4 Å². The molecule has 0 aliphatic heterocycles. The number of aromatic nitrogens is 1. The molecule has 0 aliphatic carbocycles. The zero-order chi connectivity index (χ0) is 36.4. The number of rotatable bonds is 8. The highest BCUT2D eigenvalue weighted by Gasteiger charge is 2.24. The number of H-pyrrole nitrogens is 1. The van der Waals surface area contributed by atoms with Crippen molar-refractivity contribution >= 4 is 76.5 Å². The summed E-state index contributed by atoms with van der Waals surface area (Å²) in [5.41, 5.74) is -0.163. The molecule has 4 aromatic carbocycles. The van der Waals surface area contributed by atoms with Crippen molar-refractivity contribution < 1.29 is 43.6 Å². The first-order valence-electron chi connectivity index (χ1n) is 13.5. The summed E-state index contributed by atoms with van der Waals surface area (Å²) in [5.74, 6) is -4.55. The molecule has 2 heterocycles. The molecule has 50 heavy (non-hydrogen) atoms. The molecule has 0 atom stereocenters. The zero-order valence-corrected chi connectivity index (χ0v) is 27.7. The topological polar surface area (TPSA) is 178 Å². The van der Waals surface area contributed by atoms with E-state index in [1.807, 2.05) is 15.5 Å². The minimum absolute atomic E-state index is 0.156. The highest BCUT2D eigenvalue weighted by molar-refractivity contribution is 7.93. The van der Waals surface area contributed by atoms with E-state index >= 15 is 0 Å². The molecule has 0 saturated carbocycles. The molecule has 0 radical (unpaired) electrons. The Balaban J connectivity index is 0.000000195. The van der Waals surface area contributed by atoms with Crippen LogP contribution >= 0.6 is 23.2 Å². The zero-order valence-electron chi connectivity index (χ0n) is 24.6. The summed E-state index contributed by atoms with van der Waals surface area (Å²) in [4.78, 5) is 2.32. The van der Waals surface area contributed by atoms with E-state index in [4.69, 9.17) is 42.9 Å². The van der Waals surface area contributed by atoms with E-state index in [1.54, 1.807) is 6.07 Å². The molecule has 0 bridgehead atoms. The van der Waals surface area contributed by atoms with Crippen molar-refractivity contribution in [1.82, 2.24) is 4.98 Å². The van der Waals surface area contributed by atoms with Crippen molar-refractivity contribution in [3.8, 4) is 17.9 Å². The normalized spacial score (nSPS) is 11.4. The van der Waals surface area contributed by atoms with Gasteiger partial charge in [0.2, 0.25) is 0 Å². The lowest BCUT2D eigenvalue weighted by Gasteiger charge is -2.10. The summed E-state index contributed by atoms with van der Waals surface area (Å²) >= 11 is 11.3. The smallest absolute Gasteiger partial charge is 0.265 e. The predicted molar refractivity (Wildman–Crippen MR) is 175 cm³/mol. The second kappa shape index (κ2) is 14.2. The number of ether oxygens (including phenoxy) is 1. The lowest BCUT2D eigenvalue weighted by Crippen LogP contribution is -2.14. The van der Waals surface area contributed by atoms with Gasteiger partial charge in [0.15, 0.2) is 24.0 Å². The summed E-state index contributed by atoms with van der Waals surface area (Å²) in [6.45, 7) is -0.481. The Morgan fingerprint density at radius 3 is 2.10 bits per heavy atom. The molecule has 2 aromatic heterocycles. The largest absolute Gasteiger partial charge is 0.476 e. The molecular formula is C31H17Cl2F4N5O6S2. The molecule has 0 unspecified atom stereocenters. The molecule has 0 aliphatic rings. The van der Waals surface area contributed by atoms with Crippen LogP contribution in [0.25, 0.3) is 21.9 Å². The van der Waals surface area contributed by atoms with Crippen LogP contribution in [-0.4, -0.2) is 28.4 Å². The van der Waals surface area contributed by atoms with Crippen LogP contribution in [0.5, 0.6) is 5.75 Å². The second-order valence-electron chi connectivity index (χ2n) is 9.93. The number of furan rings is 1. The van der Waals surface area contributed by atoms with Gasteiger partial charge >= 0.3 is 0 Å². The van der Waals surface area contributed by atoms with Crippen LogP contribution in [0.3, 0.4) is 0 Å². The van der Waals surface area contributed by atoms with Gasteiger partial charge in [0, 0.05) is 51.8 Å². The van der Waals surface area contributed by atoms with Crippen molar-refractivity contribution in [1.29, 1.82) is 10.5 Å². The maximum Gasteiger partial charge on any atom is 0.265 e. The highest BCUT2D eigenvalue weighted by atomic mass is 35.5. The predicted octanol–water partition coefficient (Wildman–Crippen LogP) is 7.84. The molecule has 0 spiro atoms. The van der Waals surface area contributed by atoms with Crippen LogP contribution in [0.2, 0.25) is 10.0 Å². The number of sulfonamides is 2. The molecule has 256 valence electrons. The van der Waals surface area contributed by atoms with Crippen molar-refractivity contribution in [3.05, 3.63) is 112 Å². The van der Waals surface area contributed by atoms with Crippen molar-refractivity contribution in [2.24, 2.45) is 0 Å². The Morgan fingerprint density at radius 1 is 0.780 bits per heavy atom. The van der Waals surface area contributed by atoms with Gasteiger partial charge in [0.25, 0.3) is 20.0 Å². The lowest BCUT2D eigenvalue weighted by atomic mass is 10.2. The van der Waals surface area contributed by atoms with Crippen molar-refractivity contribution in [2.75, 3.05) is 16.1 Å². The van der Waals surface area contributed by atoms with Crippen LogP contribution in [-0.2, 0) is 20.0 Å². The molecule has 19 heteroatoms. The third-order valence-electron chi connectivity index (χ3n) is 6.67. The monoisotopic (exact) mass is 765 g/mol. The number of aromatic amines is 1. The SMILES string of the molecule is N#CCOc1cc(F)c(NS(=O)(=O)c2coc3cc(Cl)ccc23)cc1F.N#Cc1ccc2c(S(=O)(=O)Nc3cc(F)c(Cl)cc3F)c[nH]c2c1. The summed E-state index contributed by atoms with van der Waals surface area (Å²) < 4.78 is 119. The fraction of sp³-hybridized carbons (Fsp3) is 0.0323. The first kappa shape index (κ1) is 35.8. The van der Waals surface area contributed by atoms with Crippen molar-refractivity contribution in [3.63, 3.8) is 0 Å². The summed E-state index contributed by atoms with van der Waals surface area (Å²) in [6, 6.07) is 14.9. The van der Waals surface area contributed by atoms with Gasteiger partial charge in [-0.3, -0.25) is 9.44 Å². The Bertz CT molecular complexity index is 2600. The van der Waals surface area contributed by atoms with Gasteiger partial charge in [-0.15, -0.1) is 0 Å². The number of benzene rings is 4. The third kappa shape index (κ3) is 7.56. The first-order valence-corrected chi connectivity index (χ1v) is 17.2. The van der Waals surface area contributed by atoms with E-state index in [-0.39, 0.29) is 20.8 Å². The molecule has 0 saturated heterocycles. The van der Waals surface area contributed by atoms with E-state index < -0.39 is 72.1 Å². The van der Waals surface area contributed by atoms with Gasteiger partial charge in [-0.25, -0.2) is 34.4 Å². The van der Waals surface area contributed by atoms with Crippen LogP contribution in [0, 0.1) is 45.9 Å². The van der Waals surface area contributed by atoms with E-state index in [2.05, 4.69) is 4.98 Å². The van der Waals surface area contributed by atoms with Crippen molar-refractivity contribution in [2.45, 2.75) is 9.79 Å². The minimum atomic E-state index is -4.27. The van der Waals surface area contributed by atoms with E-state index in [0.29, 0.717) is 45.8 Å². The number of halogens is 6. The van der Waals surface area contributed by atoms with Gasteiger partial charge in [0.05, 0.1) is 28.0 Å². The van der Waals surface area contributed by atoms with Gasteiger partial charge in [0.1, 0.15) is 39.3 Å². The van der Waals surface area contributed by atoms with Gasteiger partial charge in [-0.05, 0) is 30.3 Å². The molecule has 0 fully saturated rings. The molecular weight excluding hydrogens is 749 g/mol. The molecule has 0 amide bonds. The Morgan fingerprint density at radius 2 is 1.42 bits per heavy atom. The highest BCUT2D eigenvalue weighted by Crippen LogP contribution is 2.32. The summed E-state index contributed by atoms with van der Waals surface area (Å²) in [5, 5.41) is 17.7. The van der Waals surface area contributed by atoms with Gasteiger partial charge in [-0.1, -0.05) is 29.3 Å². The standard InChI is InChI=1S/C16H9ClF2N2O4S.C15H8ClF2N3O2S/c17-9-1-2-10-14(5-9)25-8-16(10)26(22,23)21-13-6-12(19)15(7-11(13)18)24-4-3-20;16-10-4-12(18)14(5-11(10)17)21-24(22,23)15-7-20-13-3-8(6-19)1-2-9(13)15/h1-2,5-8,21H,4H2;1-5,7,20-21H. The first-order chi connectivity index (χ1) is 23.6. The van der Waals surface area contributed by atoms with Crippen LogP contribution in [0.15, 0.2) is 87.3 Å². The lowest BCUT2D eigenvalue weighted by molar-refractivity contribution is 0.344. The number of nitriles is 2. The quantitative estimate of drug-likeness (QED) is 0.104. The molecule has 11 nitrogen and oxygen atoms in total. The average Bonchev–Trinajstić information content (AvgIpc) is 3.69. The van der Waals surface area contributed by atoms with Crippen LogP contribution in [0.1, 0.15) is 5.56 Å². The Kier molecular flexibility index (Phi) is 10.2. The summed E-state index contributed by atoms with van der Waals surface area (Å²) in [6.07, 6.45) is 2.18. The molecule has 3 N–H and O–H groups in total. The maximum absolute atomic E-state index is 14.1. The fourth-order valence-electron chi connectivity index (χ4n) is 4.40. The Hall–Kier alpha value is -5.46. The van der Waals surface area contributed by atoms with Gasteiger partial charge in [-0.2, -0.15) is 10.5 Å². The molecule has 6 aromatic rings. The van der Waals surface area contributed by atoms with E-state index in [0.717, 1.165) is 6.26 Å².